The predicted molar refractivity (Wildman–Crippen MR) is 33.0 cm³/mol. The van der Waals surface area contributed by atoms with Gasteiger partial charge in [-0.3, -0.25) is 0 Å². The van der Waals surface area contributed by atoms with Gasteiger partial charge in [0.15, 0.2) is 0 Å². The lowest BCUT2D eigenvalue weighted by molar-refractivity contribution is 0.0334. The molecule has 0 fully saturated rings. The van der Waals surface area contributed by atoms with Crippen molar-refractivity contribution >= 4 is 0 Å². The molecule has 0 rings (SSSR count). The van der Waals surface area contributed by atoms with Gasteiger partial charge in [-0.15, -0.1) is 0 Å². The van der Waals surface area contributed by atoms with E-state index in [1.165, 1.54) is 0 Å². The van der Waals surface area contributed by atoms with Crippen LogP contribution in [0, 0.1) is 0 Å². The molecule has 0 aliphatic rings. The molecule has 0 aliphatic heterocycles. The number of ether oxygens (including phenoxy) is 1. The summed E-state index contributed by atoms with van der Waals surface area (Å²) in [6, 6.07) is 0. The van der Waals surface area contributed by atoms with Crippen molar-refractivity contribution in [3.05, 3.63) is 10.4 Å². The third-order valence-electron chi connectivity index (χ3n) is 0.649. The van der Waals surface area contributed by atoms with Gasteiger partial charge in [0.1, 0.15) is 11.9 Å². The van der Waals surface area contributed by atoms with Crippen molar-refractivity contribution in [1.29, 1.82) is 0 Å². The first-order valence-electron chi connectivity index (χ1n) is 2.76. The number of nitrogens with zero attached hydrogens (tertiary/aromatic N) is 3. The minimum atomic E-state index is -0.0124. The number of hydrogen-bond acceptors (Lipinski definition) is 4. The van der Waals surface area contributed by atoms with Crippen molar-refractivity contribution in [2.24, 2.45) is 5.28 Å². The highest BCUT2D eigenvalue weighted by molar-refractivity contribution is 4.31. The molecule has 0 aromatic rings. The van der Waals surface area contributed by atoms with E-state index in [0.717, 1.165) is 0 Å². The van der Waals surface area contributed by atoms with Crippen LogP contribution in [0.2, 0.25) is 0 Å². The quantitative estimate of drug-likeness (QED) is 0.192. The van der Waals surface area contributed by atoms with Crippen molar-refractivity contribution in [1.82, 2.24) is 0 Å². The number of aliphatic hydroxyl groups excluding tert-OH is 1. The zero-order chi connectivity index (χ0) is 7.66. The summed E-state index contributed by atoms with van der Waals surface area (Å²) in [4.78, 5) is 6.68. The number of rotatable bonds is 6. The minimum Gasteiger partial charge on any atom is -0.431 e. The van der Waals surface area contributed by atoms with Crippen LogP contribution < -0.4 is 0 Å². The summed E-state index contributed by atoms with van der Waals surface area (Å²) in [6.07, 6.45) is 0. The van der Waals surface area contributed by atoms with E-state index in [4.69, 9.17) is 15.4 Å². The van der Waals surface area contributed by atoms with Crippen LogP contribution >= 0.6 is 0 Å². The van der Waals surface area contributed by atoms with Crippen LogP contribution in [0.3, 0.4) is 0 Å². The summed E-state index contributed by atoms with van der Waals surface area (Å²) in [7, 11) is 0. The average Bonchev–Trinajstić information content (AvgIpc) is 1.97. The molecule has 0 aliphatic carbocycles. The molecule has 58 valence electrons. The summed E-state index contributed by atoms with van der Waals surface area (Å²) in [5.41, 5.74) is 7.72. The highest BCUT2D eigenvalue weighted by Gasteiger charge is 1.84. The molecule has 0 radical (unpaired) electrons. The highest BCUT2D eigenvalue weighted by Crippen LogP contribution is 1.78. The monoisotopic (exact) mass is 147 g/mol. The van der Waals surface area contributed by atoms with Crippen LogP contribution in [0.15, 0.2) is 5.28 Å². The Labute approximate surface area is 57.9 Å². The fraction of sp³-hybridized carbons (Fsp3) is 1.00. The molecular formula is C4H9N3O3. The van der Waals surface area contributed by atoms with Gasteiger partial charge < -0.3 is 14.7 Å². The van der Waals surface area contributed by atoms with Crippen LogP contribution in [-0.2, 0) is 9.57 Å². The number of azide groups is 1. The van der Waals surface area contributed by atoms with Crippen LogP contribution in [0.5, 0.6) is 0 Å². The molecule has 0 aromatic heterocycles. The zero-order valence-corrected chi connectivity index (χ0v) is 5.43. The largest absolute Gasteiger partial charge is 0.431 e. The molecule has 0 saturated carbocycles. The third-order valence-corrected chi connectivity index (χ3v) is 0.649. The van der Waals surface area contributed by atoms with E-state index in [9.17, 15) is 0 Å². The molecule has 10 heavy (non-hydrogen) atoms. The van der Waals surface area contributed by atoms with Crippen molar-refractivity contribution in [3.63, 3.8) is 0 Å². The van der Waals surface area contributed by atoms with Gasteiger partial charge >= 0.3 is 0 Å². The molecule has 0 atom stereocenters. The van der Waals surface area contributed by atoms with Gasteiger partial charge in [0.25, 0.3) is 0 Å². The Balaban J connectivity index is 2.83. The lowest BCUT2D eigenvalue weighted by Gasteiger charge is -1.98. The van der Waals surface area contributed by atoms with Gasteiger partial charge in [-0.1, -0.05) is 0 Å². The summed E-state index contributed by atoms with van der Waals surface area (Å²) < 4.78 is 4.77. The predicted octanol–water partition coefficient (Wildman–Crippen LogP) is 0.237. The molecule has 0 amide bonds. The van der Waals surface area contributed by atoms with E-state index < -0.39 is 0 Å². The van der Waals surface area contributed by atoms with Crippen molar-refractivity contribution < 1.29 is 14.7 Å². The van der Waals surface area contributed by atoms with Gasteiger partial charge in [0, 0.05) is 4.91 Å². The lowest BCUT2D eigenvalue weighted by Crippen LogP contribution is -2.04. The SMILES string of the molecule is [N-]=[N+]=NOCCOCCO. The normalized spacial score (nSPS) is 8.50. The fourth-order valence-electron chi connectivity index (χ4n) is 0.329. The Kier molecular flexibility index (Phi) is 7.25. The molecular weight excluding hydrogens is 138 g/mol. The average molecular weight is 147 g/mol. The molecule has 0 heterocycles. The molecule has 1 N–H and O–H groups in total. The fourth-order valence-corrected chi connectivity index (χ4v) is 0.329. The van der Waals surface area contributed by atoms with E-state index in [1.807, 2.05) is 0 Å². The van der Waals surface area contributed by atoms with Gasteiger partial charge in [-0.25, -0.2) is 0 Å². The first-order valence-corrected chi connectivity index (χ1v) is 2.76. The molecule has 6 nitrogen and oxygen atoms in total. The van der Waals surface area contributed by atoms with Crippen molar-refractivity contribution in [2.45, 2.75) is 0 Å². The highest BCUT2D eigenvalue weighted by atomic mass is 16.6. The third kappa shape index (κ3) is 7.03. The Morgan fingerprint density at radius 2 is 2.20 bits per heavy atom. The van der Waals surface area contributed by atoms with Crippen LogP contribution in [0.25, 0.3) is 10.4 Å². The van der Waals surface area contributed by atoms with Gasteiger partial charge in [0.2, 0.25) is 0 Å². The smallest absolute Gasteiger partial charge is 0.120 e. The second-order valence-electron chi connectivity index (χ2n) is 1.34. The van der Waals surface area contributed by atoms with E-state index in [1.54, 1.807) is 0 Å². The second kappa shape index (κ2) is 8.03. The Hall–Kier alpha value is -0.970. The summed E-state index contributed by atoms with van der Waals surface area (Å²) in [5, 5.41) is 11.0. The Morgan fingerprint density at radius 1 is 1.40 bits per heavy atom. The summed E-state index contributed by atoms with van der Waals surface area (Å²) >= 11 is 0. The van der Waals surface area contributed by atoms with Gasteiger partial charge in [-0.2, -0.15) is 0 Å². The molecule has 0 unspecified atom stereocenters. The van der Waals surface area contributed by atoms with E-state index in [2.05, 4.69) is 15.0 Å². The van der Waals surface area contributed by atoms with E-state index >= 15 is 0 Å². The van der Waals surface area contributed by atoms with E-state index in [0.29, 0.717) is 6.61 Å². The van der Waals surface area contributed by atoms with Gasteiger partial charge in [-0.05, 0) is 5.53 Å². The molecule has 0 saturated heterocycles. The van der Waals surface area contributed by atoms with Crippen molar-refractivity contribution in [2.75, 3.05) is 26.4 Å². The first-order chi connectivity index (χ1) is 4.91. The van der Waals surface area contributed by atoms with Crippen LogP contribution in [-0.4, -0.2) is 31.5 Å². The second-order valence-corrected chi connectivity index (χ2v) is 1.34. The number of aliphatic hydroxyl groups is 1. The Bertz CT molecular complexity index is 112. The maximum absolute atomic E-state index is 8.22. The summed E-state index contributed by atoms with van der Waals surface area (Å²) in [6.45, 7) is 0.796. The van der Waals surface area contributed by atoms with Crippen LogP contribution in [0.4, 0.5) is 0 Å². The van der Waals surface area contributed by atoms with Gasteiger partial charge in [0.05, 0.1) is 19.8 Å². The summed E-state index contributed by atoms with van der Waals surface area (Å²) in [5.74, 6) is 0. The maximum Gasteiger partial charge on any atom is 0.120 e. The molecule has 0 aromatic carbocycles. The molecule has 6 heteroatoms. The van der Waals surface area contributed by atoms with Crippen molar-refractivity contribution in [3.8, 4) is 0 Å². The minimum absolute atomic E-state index is 0.0124. The van der Waals surface area contributed by atoms with E-state index in [-0.39, 0.29) is 19.8 Å². The molecule has 0 bridgehead atoms. The Morgan fingerprint density at radius 3 is 2.80 bits per heavy atom. The topological polar surface area (TPSA) is 87.5 Å². The first kappa shape index (κ1) is 9.03. The lowest BCUT2D eigenvalue weighted by atomic mass is 10.7. The number of hydrogen-bond donors (Lipinski definition) is 1. The van der Waals surface area contributed by atoms with Crippen LogP contribution in [0.1, 0.15) is 0 Å². The zero-order valence-electron chi connectivity index (χ0n) is 5.43. The standard InChI is InChI=1S/C4H9N3O3/c5-6-7-10-4-3-9-2-1-8/h8H,1-4H2. The maximum atomic E-state index is 8.22. The molecule has 0 spiro atoms.